The van der Waals surface area contributed by atoms with Crippen LogP contribution in [0.5, 0.6) is 0 Å². The fourth-order valence-electron chi connectivity index (χ4n) is 5.03. The summed E-state index contributed by atoms with van der Waals surface area (Å²) in [5.41, 5.74) is 0. The molecule has 9 unspecified atom stereocenters. The molecule has 0 aliphatic carbocycles. The normalized spacial score (nSPS) is 42.2. The summed E-state index contributed by atoms with van der Waals surface area (Å²) in [5.74, 6) is -2.00. The fourth-order valence-corrected chi connectivity index (χ4v) is 6.24. The lowest BCUT2D eigenvalue weighted by Gasteiger charge is -2.42. The van der Waals surface area contributed by atoms with Crippen LogP contribution in [0.15, 0.2) is 0 Å². The maximum Gasteiger partial charge on any atom is 0.475 e. The molecule has 12 N–H and O–H groups in total. The van der Waals surface area contributed by atoms with Gasteiger partial charge in [-0.2, -0.15) is 0 Å². The summed E-state index contributed by atoms with van der Waals surface area (Å²) in [6.45, 7) is 0.444. The molecule has 47 heavy (non-hydrogen) atoms. The third-order valence-electron chi connectivity index (χ3n) is 7.46. The van der Waals surface area contributed by atoms with E-state index in [1.807, 2.05) is 0 Å². The zero-order valence-corrected chi connectivity index (χ0v) is 26.2. The van der Waals surface area contributed by atoms with Crippen molar-refractivity contribution in [2.45, 2.75) is 113 Å². The van der Waals surface area contributed by atoms with Gasteiger partial charge in [0, 0.05) is 20.8 Å². The predicted octanol–water partition coefficient (Wildman–Crippen LogP) is -7.02. The van der Waals surface area contributed by atoms with E-state index in [1.165, 1.54) is 0 Å². The highest BCUT2D eigenvalue weighted by atomic mass is 31.2. The van der Waals surface area contributed by atoms with Gasteiger partial charge in [0.25, 0.3) is 0 Å². The molecule has 0 aromatic heterocycles. The molecule has 0 radical (unpaired) electrons. The SMILES string of the molecule is CC(=O)NC1C(O)[C@H](O)C(COP(=O)(OCC2O[C@@H](O)C(NC(C)=O)C(O)[C@@H]2O)OCC2O[C@@H](O)C(NC(C)=O)C(O)[C@@H]2O)O[C@H]1O. The van der Waals surface area contributed by atoms with Crippen LogP contribution in [-0.4, -0.2) is 175 Å². The molecule has 23 heteroatoms. The zero-order chi connectivity index (χ0) is 35.4. The van der Waals surface area contributed by atoms with E-state index in [4.69, 9.17) is 27.8 Å². The van der Waals surface area contributed by atoms with Crippen LogP contribution in [0.2, 0.25) is 0 Å². The maximum absolute atomic E-state index is 13.8. The molecule has 272 valence electrons. The molecule has 22 nitrogen and oxygen atoms in total. The molecule has 3 amide bonds. The summed E-state index contributed by atoms with van der Waals surface area (Å²) in [6.07, 6.45) is -21.4. The summed E-state index contributed by atoms with van der Waals surface area (Å²) in [5, 5.41) is 99.9. The molecule has 0 spiro atoms. The first-order chi connectivity index (χ1) is 21.8. The van der Waals surface area contributed by atoms with Gasteiger partial charge in [-0.3, -0.25) is 28.0 Å². The number of phosphoric ester groups is 1. The Kier molecular flexibility index (Phi) is 14.0. The Morgan fingerprint density at radius 1 is 0.511 bits per heavy atom. The topological polar surface area (TPSA) is 342 Å². The number of rotatable bonds is 12. The van der Waals surface area contributed by atoms with Gasteiger partial charge in [0.2, 0.25) is 17.7 Å². The number of amides is 3. The van der Waals surface area contributed by atoms with Crippen molar-refractivity contribution in [3.63, 3.8) is 0 Å². The average Bonchev–Trinajstić information content (AvgIpc) is 2.98. The van der Waals surface area contributed by atoms with E-state index in [1.54, 1.807) is 0 Å². The highest BCUT2D eigenvalue weighted by molar-refractivity contribution is 7.48. The average molecular weight is 708 g/mol. The van der Waals surface area contributed by atoms with Crippen molar-refractivity contribution in [2.75, 3.05) is 19.8 Å². The molecule has 0 aromatic carbocycles. The maximum atomic E-state index is 13.8. The zero-order valence-electron chi connectivity index (χ0n) is 25.3. The van der Waals surface area contributed by atoms with Gasteiger partial charge in [0.05, 0.1) is 19.8 Å². The van der Waals surface area contributed by atoms with Gasteiger partial charge in [-0.25, -0.2) is 4.57 Å². The van der Waals surface area contributed by atoms with Gasteiger partial charge in [-0.1, -0.05) is 0 Å². The summed E-state index contributed by atoms with van der Waals surface area (Å²) < 4.78 is 45.0. The van der Waals surface area contributed by atoms with E-state index >= 15 is 0 Å². The minimum Gasteiger partial charge on any atom is -0.388 e. The highest BCUT2D eigenvalue weighted by Crippen LogP contribution is 2.51. The van der Waals surface area contributed by atoms with Crippen LogP contribution in [0.3, 0.4) is 0 Å². The van der Waals surface area contributed by atoms with Gasteiger partial charge in [0.1, 0.15) is 73.1 Å². The van der Waals surface area contributed by atoms with Crippen LogP contribution in [0.4, 0.5) is 0 Å². The lowest BCUT2D eigenvalue weighted by atomic mass is 9.97. The van der Waals surface area contributed by atoms with Crippen LogP contribution in [0.1, 0.15) is 20.8 Å². The summed E-state index contributed by atoms with van der Waals surface area (Å²) in [6, 6.07) is -4.36. The molecule has 0 bridgehead atoms. The largest absolute Gasteiger partial charge is 0.475 e. The van der Waals surface area contributed by atoms with Crippen LogP contribution in [0, 0.1) is 0 Å². The second-order valence-electron chi connectivity index (χ2n) is 11.2. The van der Waals surface area contributed by atoms with Crippen LogP contribution in [-0.2, 0) is 46.7 Å². The van der Waals surface area contributed by atoms with Crippen LogP contribution < -0.4 is 16.0 Å². The molecule has 3 aliphatic heterocycles. The summed E-state index contributed by atoms with van der Waals surface area (Å²) >= 11 is 0. The molecule has 3 fully saturated rings. The number of aliphatic hydroxyl groups is 9. The lowest BCUT2D eigenvalue weighted by Crippen LogP contribution is -2.64. The second kappa shape index (κ2) is 16.6. The smallest absolute Gasteiger partial charge is 0.388 e. The van der Waals surface area contributed by atoms with Crippen molar-refractivity contribution in [1.82, 2.24) is 16.0 Å². The van der Waals surface area contributed by atoms with Crippen molar-refractivity contribution in [3.05, 3.63) is 0 Å². The number of carbonyl (C=O) groups excluding carboxylic acids is 3. The molecule has 3 aliphatic rings. The Balaban J connectivity index is 1.74. The Morgan fingerprint density at radius 2 is 0.745 bits per heavy atom. The molecule has 15 atom stereocenters. The van der Waals surface area contributed by atoms with Gasteiger partial charge in [0.15, 0.2) is 18.9 Å². The quantitative estimate of drug-likeness (QED) is 0.0838. The Bertz CT molecular complexity index is 1000. The lowest BCUT2D eigenvalue weighted by molar-refractivity contribution is -0.258. The monoisotopic (exact) mass is 707 g/mol. The number of hydrogen-bond acceptors (Lipinski definition) is 19. The first-order valence-corrected chi connectivity index (χ1v) is 15.7. The summed E-state index contributed by atoms with van der Waals surface area (Å²) in [7, 11) is -5.00. The third-order valence-corrected chi connectivity index (χ3v) is 8.86. The van der Waals surface area contributed by atoms with Crippen molar-refractivity contribution in [3.8, 4) is 0 Å². The highest BCUT2D eigenvalue weighted by Gasteiger charge is 2.49. The molecule has 0 aromatic rings. The van der Waals surface area contributed by atoms with Gasteiger partial charge in [-0.05, 0) is 0 Å². The third kappa shape index (κ3) is 10.0. The second-order valence-corrected chi connectivity index (χ2v) is 12.8. The minimum absolute atomic E-state index is 0.665. The van der Waals surface area contributed by atoms with Gasteiger partial charge >= 0.3 is 7.82 Å². The molecule has 3 rings (SSSR count). The van der Waals surface area contributed by atoms with Gasteiger partial charge < -0.3 is 76.1 Å². The Morgan fingerprint density at radius 3 is 0.957 bits per heavy atom. The van der Waals surface area contributed by atoms with Crippen molar-refractivity contribution in [2.24, 2.45) is 0 Å². The van der Waals surface area contributed by atoms with E-state index in [9.17, 15) is 64.9 Å². The number of hydrogen-bond donors (Lipinski definition) is 12. The molecular weight excluding hydrogens is 665 g/mol. The molecule has 3 heterocycles. The number of nitrogens with one attached hydrogen (secondary N) is 3. The predicted molar refractivity (Wildman–Crippen MR) is 147 cm³/mol. The number of ether oxygens (including phenoxy) is 3. The number of phosphoric acid groups is 1. The molecule has 3 saturated heterocycles. The van der Waals surface area contributed by atoms with E-state index in [2.05, 4.69) is 16.0 Å². The van der Waals surface area contributed by atoms with Gasteiger partial charge in [-0.15, -0.1) is 0 Å². The number of aliphatic hydroxyl groups excluding tert-OH is 9. The Hall–Kier alpha value is -1.96. The van der Waals surface area contributed by atoms with E-state index in [-0.39, 0.29) is 0 Å². The standard InChI is InChI=1S/C24H42N3O19P/c1-7(28)25-13-19(34)16(31)10(44-22(13)37)4-41-47(40,42-5-11-17(32)20(35)14(23(38)45-11)26-8(2)29)43-6-12-18(33)21(36)15(24(39)46-12)27-9(3)30/h10-24,31-39H,4-6H2,1-3H3,(H,25,28)(H,26,29)(H,27,30)/t10?,11?,12?,13?,14?,15?,16-,17-,18-,19?,20?,21?,22-,23-,24-,47?/m1/s1. The summed E-state index contributed by atoms with van der Waals surface area (Å²) in [4.78, 5) is 34.2. The van der Waals surface area contributed by atoms with Crippen LogP contribution >= 0.6 is 7.82 Å². The van der Waals surface area contributed by atoms with E-state index < -0.39 is 137 Å². The minimum atomic E-state index is -5.00. The molecular formula is C24H42N3O19P. The fraction of sp³-hybridized carbons (Fsp3) is 0.875. The van der Waals surface area contributed by atoms with Crippen LogP contribution in [0.25, 0.3) is 0 Å². The Labute approximate surface area is 267 Å². The van der Waals surface area contributed by atoms with Crippen molar-refractivity contribution in [1.29, 1.82) is 0 Å². The first kappa shape index (κ1) is 39.5. The molecule has 0 saturated carbocycles. The van der Waals surface area contributed by atoms with E-state index in [0.717, 1.165) is 20.8 Å². The first-order valence-electron chi connectivity index (χ1n) is 14.3. The van der Waals surface area contributed by atoms with Crippen molar-refractivity contribution < 1.29 is 92.7 Å². The number of carbonyl (C=O) groups is 3. The van der Waals surface area contributed by atoms with E-state index in [0.29, 0.717) is 0 Å². The van der Waals surface area contributed by atoms with Crippen molar-refractivity contribution >= 4 is 25.5 Å².